The van der Waals surface area contributed by atoms with Crippen molar-refractivity contribution in [2.24, 2.45) is 0 Å². The van der Waals surface area contributed by atoms with Gasteiger partial charge in [-0.05, 0) is 50.2 Å². The summed E-state index contributed by atoms with van der Waals surface area (Å²) in [6.45, 7) is 4.09. The van der Waals surface area contributed by atoms with E-state index in [0.29, 0.717) is 45.6 Å². The molecule has 39 heavy (non-hydrogen) atoms. The molecular formula is C30H27N3O6. The largest absolute Gasteiger partial charge is 0.493 e. The Balaban J connectivity index is 1.63. The highest BCUT2D eigenvalue weighted by Gasteiger charge is 2.28. The summed E-state index contributed by atoms with van der Waals surface area (Å²) in [5.41, 5.74) is 4.83. The molecule has 1 N–H and O–H groups in total. The van der Waals surface area contributed by atoms with E-state index in [9.17, 15) is 4.79 Å². The van der Waals surface area contributed by atoms with Crippen LogP contribution in [0.15, 0.2) is 60.7 Å². The first kappa shape index (κ1) is 24.4. The van der Waals surface area contributed by atoms with Gasteiger partial charge in [-0.3, -0.25) is 4.98 Å². The van der Waals surface area contributed by atoms with Crippen LogP contribution in [0.1, 0.15) is 23.1 Å². The van der Waals surface area contributed by atoms with E-state index in [4.69, 9.17) is 23.7 Å². The third kappa shape index (κ3) is 4.21. The predicted octanol–water partition coefficient (Wildman–Crippen LogP) is 6.15. The van der Waals surface area contributed by atoms with Crippen LogP contribution in [-0.4, -0.2) is 43.1 Å². The lowest BCUT2D eigenvalue weighted by Crippen LogP contribution is -2.13. The summed E-state index contributed by atoms with van der Waals surface area (Å²) in [7, 11) is 3.16. The first-order chi connectivity index (χ1) is 19.0. The Morgan fingerprint density at radius 1 is 0.974 bits per heavy atom. The van der Waals surface area contributed by atoms with Gasteiger partial charge in [0, 0.05) is 34.3 Å². The van der Waals surface area contributed by atoms with Crippen LogP contribution in [0, 0.1) is 6.92 Å². The number of ether oxygens (including phenoxy) is 5. The molecule has 3 heterocycles. The van der Waals surface area contributed by atoms with E-state index >= 15 is 0 Å². The molecule has 5 aromatic rings. The number of benzene rings is 3. The van der Waals surface area contributed by atoms with Crippen LogP contribution >= 0.6 is 0 Å². The molecule has 0 atom stereocenters. The molecule has 0 spiro atoms. The van der Waals surface area contributed by atoms with Crippen molar-refractivity contribution in [3.63, 3.8) is 0 Å². The molecule has 1 aliphatic rings. The van der Waals surface area contributed by atoms with Gasteiger partial charge in [0.2, 0.25) is 6.79 Å². The van der Waals surface area contributed by atoms with E-state index in [2.05, 4.69) is 10.3 Å². The van der Waals surface area contributed by atoms with Gasteiger partial charge < -0.3 is 33.6 Å². The fourth-order valence-electron chi connectivity index (χ4n) is 4.87. The molecule has 2 aromatic heterocycles. The number of carbonyl (C=O) groups excluding carboxylic acids is 1. The number of aryl methyl sites for hydroxylation is 1. The van der Waals surface area contributed by atoms with Crippen LogP contribution in [0.5, 0.6) is 23.0 Å². The number of methoxy groups -OCH3 is 2. The van der Waals surface area contributed by atoms with E-state index in [0.717, 1.165) is 27.7 Å². The van der Waals surface area contributed by atoms with Crippen molar-refractivity contribution in [2.45, 2.75) is 13.8 Å². The second-order valence-electron chi connectivity index (χ2n) is 9.03. The zero-order chi connectivity index (χ0) is 27.1. The Morgan fingerprint density at radius 3 is 2.54 bits per heavy atom. The Hall–Kier alpha value is -4.92. The quantitative estimate of drug-likeness (QED) is 0.253. The van der Waals surface area contributed by atoms with Crippen molar-refractivity contribution >= 4 is 39.1 Å². The number of anilines is 2. The van der Waals surface area contributed by atoms with Crippen LogP contribution < -0.4 is 24.3 Å². The van der Waals surface area contributed by atoms with Crippen molar-refractivity contribution in [1.82, 2.24) is 9.55 Å². The standard InChI is InChI=1S/C30H27N3O6/c1-5-37-30(34)29-28(32-19-9-8-18-7-6-17(2)31-22(18)12-19)21-14-25(35-3)26(36-4)15-23(21)33(29)20-10-11-24-27(13-20)39-16-38-24/h6-15,32H,5,16H2,1-4H3. The van der Waals surface area contributed by atoms with Gasteiger partial charge in [0.25, 0.3) is 0 Å². The van der Waals surface area contributed by atoms with Crippen LogP contribution in [0.25, 0.3) is 27.5 Å². The smallest absolute Gasteiger partial charge is 0.357 e. The monoisotopic (exact) mass is 525 g/mol. The molecule has 0 radical (unpaired) electrons. The fourth-order valence-corrected chi connectivity index (χ4v) is 4.87. The first-order valence-corrected chi connectivity index (χ1v) is 12.5. The van der Waals surface area contributed by atoms with E-state index in [1.165, 1.54) is 0 Å². The van der Waals surface area contributed by atoms with Gasteiger partial charge in [0.1, 0.15) is 0 Å². The first-order valence-electron chi connectivity index (χ1n) is 12.5. The highest BCUT2D eigenvalue weighted by molar-refractivity contribution is 6.10. The van der Waals surface area contributed by atoms with Crippen molar-refractivity contribution in [3.8, 4) is 28.7 Å². The number of carbonyl (C=O) groups is 1. The van der Waals surface area contributed by atoms with Gasteiger partial charge in [-0.1, -0.05) is 12.1 Å². The molecule has 0 saturated heterocycles. The average molecular weight is 526 g/mol. The van der Waals surface area contributed by atoms with E-state index in [-0.39, 0.29) is 13.4 Å². The lowest BCUT2D eigenvalue weighted by Gasteiger charge is -2.13. The van der Waals surface area contributed by atoms with Gasteiger partial charge in [0.05, 0.1) is 43.2 Å². The second-order valence-corrected chi connectivity index (χ2v) is 9.03. The fraction of sp³-hybridized carbons (Fsp3) is 0.200. The summed E-state index contributed by atoms with van der Waals surface area (Å²) in [5, 5.41) is 5.24. The normalized spacial score (nSPS) is 12.1. The number of aromatic nitrogens is 2. The lowest BCUT2D eigenvalue weighted by molar-refractivity contribution is 0.0518. The number of nitrogens with one attached hydrogen (secondary N) is 1. The maximum atomic E-state index is 13.6. The lowest BCUT2D eigenvalue weighted by atomic mass is 10.1. The number of nitrogens with zero attached hydrogens (tertiary/aromatic N) is 2. The van der Waals surface area contributed by atoms with Crippen LogP contribution in [0.3, 0.4) is 0 Å². The number of pyridine rings is 1. The summed E-state index contributed by atoms with van der Waals surface area (Å²) < 4.78 is 29.8. The number of esters is 1. The third-order valence-electron chi connectivity index (χ3n) is 6.66. The Labute approximate surface area is 224 Å². The average Bonchev–Trinajstić information content (AvgIpc) is 3.54. The Kier molecular flexibility index (Phi) is 6.11. The van der Waals surface area contributed by atoms with Crippen molar-refractivity contribution in [2.75, 3.05) is 32.9 Å². The van der Waals surface area contributed by atoms with Crippen molar-refractivity contribution in [3.05, 3.63) is 72.1 Å². The minimum absolute atomic E-state index is 0.142. The molecule has 6 rings (SSSR count). The van der Waals surface area contributed by atoms with Gasteiger partial charge >= 0.3 is 5.97 Å². The van der Waals surface area contributed by atoms with Crippen molar-refractivity contribution < 1.29 is 28.5 Å². The molecule has 0 amide bonds. The summed E-state index contributed by atoms with van der Waals surface area (Å²) in [6, 6.07) is 19.2. The van der Waals surface area contributed by atoms with Gasteiger partial charge in [0.15, 0.2) is 28.7 Å². The molecular weight excluding hydrogens is 498 g/mol. The molecule has 9 nitrogen and oxygen atoms in total. The molecule has 198 valence electrons. The maximum Gasteiger partial charge on any atom is 0.357 e. The van der Waals surface area contributed by atoms with Gasteiger partial charge in [-0.15, -0.1) is 0 Å². The molecule has 0 aliphatic carbocycles. The van der Waals surface area contributed by atoms with Crippen molar-refractivity contribution in [1.29, 1.82) is 0 Å². The molecule has 1 aliphatic heterocycles. The third-order valence-corrected chi connectivity index (χ3v) is 6.66. The number of hydrogen-bond acceptors (Lipinski definition) is 8. The summed E-state index contributed by atoms with van der Waals surface area (Å²) in [5.74, 6) is 1.81. The van der Waals surface area contributed by atoms with Crippen LogP contribution in [0.4, 0.5) is 11.4 Å². The zero-order valence-electron chi connectivity index (χ0n) is 22.0. The Morgan fingerprint density at radius 2 is 1.74 bits per heavy atom. The van der Waals surface area contributed by atoms with Crippen LogP contribution in [-0.2, 0) is 4.74 Å². The highest BCUT2D eigenvalue weighted by atomic mass is 16.7. The molecule has 0 unspecified atom stereocenters. The molecule has 3 aromatic carbocycles. The molecule has 0 bridgehead atoms. The summed E-state index contributed by atoms with van der Waals surface area (Å²) in [6.07, 6.45) is 0. The molecule has 0 fully saturated rings. The van der Waals surface area contributed by atoms with Gasteiger partial charge in [-0.25, -0.2) is 4.79 Å². The van der Waals surface area contributed by atoms with Gasteiger partial charge in [-0.2, -0.15) is 0 Å². The topological polar surface area (TPSA) is 93.1 Å². The van der Waals surface area contributed by atoms with E-state index < -0.39 is 5.97 Å². The maximum absolute atomic E-state index is 13.6. The SMILES string of the molecule is CCOC(=O)c1c(Nc2ccc3ccc(C)nc3c2)c2cc(OC)c(OC)cc2n1-c1ccc2c(c1)OCO2. The minimum Gasteiger partial charge on any atom is -0.493 e. The highest BCUT2D eigenvalue weighted by Crippen LogP contribution is 2.43. The Bertz CT molecular complexity index is 1740. The van der Waals surface area contributed by atoms with E-state index in [1.54, 1.807) is 21.1 Å². The number of rotatable bonds is 7. The minimum atomic E-state index is -0.485. The van der Waals surface area contributed by atoms with Crippen LogP contribution in [0.2, 0.25) is 0 Å². The zero-order valence-corrected chi connectivity index (χ0v) is 22.0. The number of hydrogen-bond donors (Lipinski definition) is 1. The predicted molar refractivity (Wildman–Crippen MR) is 148 cm³/mol. The summed E-state index contributed by atoms with van der Waals surface area (Å²) in [4.78, 5) is 18.3. The second kappa shape index (κ2) is 9.75. The molecule has 0 saturated carbocycles. The molecule has 9 heteroatoms. The summed E-state index contributed by atoms with van der Waals surface area (Å²) >= 11 is 0. The van der Waals surface area contributed by atoms with E-state index in [1.807, 2.05) is 72.2 Å². The number of fused-ring (bicyclic) bond motifs is 3.